The number of methoxy groups -OCH3 is 1. The third kappa shape index (κ3) is 4.13. The lowest BCUT2D eigenvalue weighted by Crippen LogP contribution is -2.31. The maximum absolute atomic E-state index is 14.2. The van der Waals surface area contributed by atoms with Gasteiger partial charge in [0.15, 0.2) is 0 Å². The van der Waals surface area contributed by atoms with Gasteiger partial charge in [-0.3, -0.25) is 9.59 Å². The lowest BCUT2D eigenvalue weighted by atomic mass is 9.95. The zero-order chi connectivity index (χ0) is 25.4. The number of aromatic nitrogens is 1. The maximum atomic E-state index is 14.2. The Balaban J connectivity index is 1.56. The summed E-state index contributed by atoms with van der Waals surface area (Å²) in [5.41, 5.74) is 3.66. The number of aryl methyl sites for hydroxylation is 1. The van der Waals surface area contributed by atoms with Crippen molar-refractivity contribution in [3.63, 3.8) is 0 Å². The number of amides is 1. The van der Waals surface area contributed by atoms with Gasteiger partial charge < -0.3 is 19.7 Å². The van der Waals surface area contributed by atoms with Crippen molar-refractivity contribution >= 4 is 28.4 Å². The molecule has 1 atom stereocenters. The second-order valence-corrected chi connectivity index (χ2v) is 8.89. The van der Waals surface area contributed by atoms with E-state index in [1.807, 2.05) is 43.5 Å². The Labute approximate surface area is 207 Å². The molecule has 7 heteroatoms. The number of nitrogens with zero attached hydrogens (tertiary/aromatic N) is 1. The topological polar surface area (TPSA) is 82.6 Å². The van der Waals surface area contributed by atoms with E-state index in [0.717, 1.165) is 22.0 Å². The van der Waals surface area contributed by atoms with Gasteiger partial charge in [0.1, 0.15) is 17.3 Å². The summed E-state index contributed by atoms with van der Waals surface area (Å²) in [5.74, 6) is -1.57. The van der Waals surface area contributed by atoms with Gasteiger partial charge in [-0.05, 0) is 54.8 Å². The minimum atomic E-state index is -0.915. The molecule has 0 saturated carbocycles. The van der Waals surface area contributed by atoms with Gasteiger partial charge in [0.25, 0.3) is 11.7 Å². The maximum Gasteiger partial charge on any atom is 0.295 e. The third-order valence-corrected chi connectivity index (χ3v) is 6.63. The number of aliphatic hydroxyl groups is 1. The fraction of sp³-hybridized carbons (Fsp3) is 0.172. The lowest BCUT2D eigenvalue weighted by Gasteiger charge is -2.25. The van der Waals surface area contributed by atoms with Gasteiger partial charge in [0.2, 0.25) is 0 Å². The Hall–Kier alpha value is -4.39. The summed E-state index contributed by atoms with van der Waals surface area (Å²) in [4.78, 5) is 31.0. The van der Waals surface area contributed by atoms with Crippen molar-refractivity contribution in [1.82, 2.24) is 9.88 Å². The first-order valence-corrected chi connectivity index (χ1v) is 11.6. The number of ketones is 1. The van der Waals surface area contributed by atoms with Crippen molar-refractivity contribution in [2.75, 3.05) is 13.7 Å². The minimum Gasteiger partial charge on any atom is -0.507 e. The molecule has 0 spiro atoms. The van der Waals surface area contributed by atoms with Gasteiger partial charge in [0, 0.05) is 29.2 Å². The number of likely N-dealkylation sites (tertiary alicyclic amines) is 1. The van der Waals surface area contributed by atoms with E-state index in [-0.39, 0.29) is 17.9 Å². The molecule has 1 fully saturated rings. The Morgan fingerprint density at radius 1 is 1.08 bits per heavy atom. The first-order valence-electron chi connectivity index (χ1n) is 11.6. The van der Waals surface area contributed by atoms with Gasteiger partial charge in [-0.25, -0.2) is 4.39 Å². The SMILES string of the molecule is COc1ccc2[nH]cc(CCN3C(=O)C(=O)C(=C(O)c4ccc(C)cc4)[C@H]3c3cccc(F)c3)c2c1. The standard InChI is InChI=1S/C29H25FN2O4/c1-17-6-8-18(9-7-17)27(33)25-26(19-4-3-5-21(30)14-19)32(29(35)28(25)34)13-12-20-16-31-24-11-10-22(36-2)15-23(20)24/h3-11,14-16,26,31,33H,12-13H2,1-2H3/t26-/m1/s1. The van der Waals surface area contributed by atoms with Crippen LogP contribution in [0.3, 0.4) is 0 Å². The van der Waals surface area contributed by atoms with Crippen LogP contribution in [-0.2, 0) is 16.0 Å². The van der Waals surface area contributed by atoms with E-state index in [2.05, 4.69) is 4.98 Å². The fourth-order valence-electron chi connectivity index (χ4n) is 4.73. The number of aromatic amines is 1. The summed E-state index contributed by atoms with van der Waals surface area (Å²) in [7, 11) is 1.60. The van der Waals surface area contributed by atoms with Crippen LogP contribution < -0.4 is 4.74 Å². The van der Waals surface area contributed by atoms with Gasteiger partial charge in [-0.1, -0.05) is 42.0 Å². The van der Waals surface area contributed by atoms with E-state index in [9.17, 15) is 19.1 Å². The number of aliphatic hydroxyl groups excluding tert-OH is 1. The van der Waals surface area contributed by atoms with Crippen molar-refractivity contribution in [3.05, 3.63) is 107 Å². The summed E-state index contributed by atoms with van der Waals surface area (Å²) >= 11 is 0. The van der Waals surface area contributed by atoms with Crippen LogP contribution >= 0.6 is 0 Å². The molecule has 0 bridgehead atoms. The Morgan fingerprint density at radius 2 is 1.86 bits per heavy atom. The van der Waals surface area contributed by atoms with Gasteiger partial charge in [-0.2, -0.15) is 0 Å². The van der Waals surface area contributed by atoms with E-state index in [0.29, 0.717) is 23.3 Å². The van der Waals surface area contributed by atoms with E-state index in [1.165, 1.54) is 23.1 Å². The lowest BCUT2D eigenvalue weighted by molar-refractivity contribution is -0.139. The predicted molar refractivity (Wildman–Crippen MR) is 135 cm³/mol. The highest BCUT2D eigenvalue weighted by molar-refractivity contribution is 6.46. The van der Waals surface area contributed by atoms with Crippen LogP contribution in [0.1, 0.15) is 28.3 Å². The summed E-state index contributed by atoms with van der Waals surface area (Å²) in [6.07, 6.45) is 2.31. The third-order valence-electron chi connectivity index (χ3n) is 6.63. The number of carbonyl (C=O) groups is 2. The molecular formula is C29H25FN2O4. The highest BCUT2D eigenvalue weighted by atomic mass is 19.1. The predicted octanol–water partition coefficient (Wildman–Crippen LogP) is 5.29. The van der Waals surface area contributed by atoms with Crippen LogP contribution in [0.25, 0.3) is 16.7 Å². The number of ether oxygens (including phenoxy) is 1. The molecule has 0 unspecified atom stereocenters. The van der Waals surface area contributed by atoms with Crippen molar-refractivity contribution in [3.8, 4) is 5.75 Å². The van der Waals surface area contributed by atoms with Crippen molar-refractivity contribution in [2.24, 2.45) is 0 Å². The average molecular weight is 485 g/mol. The number of carbonyl (C=O) groups excluding carboxylic acids is 2. The number of hydrogen-bond donors (Lipinski definition) is 2. The molecule has 182 valence electrons. The highest BCUT2D eigenvalue weighted by Gasteiger charge is 2.46. The highest BCUT2D eigenvalue weighted by Crippen LogP contribution is 2.40. The van der Waals surface area contributed by atoms with Crippen LogP contribution in [0.2, 0.25) is 0 Å². The normalized spacial score (nSPS) is 17.2. The van der Waals surface area contributed by atoms with Gasteiger partial charge in [-0.15, -0.1) is 0 Å². The molecule has 5 rings (SSSR count). The second-order valence-electron chi connectivity index (χ2n) is 8.89. The molecule has 1 aliphatic heterocycles. The molecule has 1 aromatic heterocycles. The summed E-state index contributed by atoms with van der Waals surface area (Å²) in [6, 6.07) is 17.6. The number of Topliss-reactive ketones (excluding diaryl/α,β-unsaturated/α-hetero) is 1. The monoisotopic (exact) mass is 484 g/mol. The molecule has 3 aromatic carbocycles. The van der Waals surface area contributed by atoms with Crippen molar-refractivity contribution in [1.29, 1.82) is 0 Å². The first kappa shape index (κ1) is 23.4. The van der Waals surface area contributed by atoms with Crippen LogP contribution in [0.5, 0.6) is 5.75 Å². The molecule has 1 amide bonds. The number of rotatable bonds is 6. The van der Waals surface area contributed by atoms with Gasteiger partial charge in [0.05, 0.1) is 18.7 Å². The Bertz CT molecular complexity index is 1500. The minimum absolute atomic E-state index is 0.0463. The van der Waals surface area contributed by atoms with Crippen LogP contribution in [0.15, 0.2) is 78.5 Å². The van der Waals surface area contributed by atoms with E-state index in [4.69, 9.17) is 4.74 Å². The summed E-state index contributed by atoms with van der Waals surface area (Å²) < 4.78 is 19.5. The van der Waals surface area contributed by atoms with E-state index in [1.54, 1.807) is 25.3 Å². The zero-order valence-electron chi connectivity index (χ0n) is 19.9. The molecule has 2 N–H and O–H groups in total. The molecule has 4 aromatic rings. The number of benzene rings is 3. The summed E-state index contributed by atoms with van der Waals surface area (Å²) in [5, 5.41) is 12.1. The number of nitrogens with one attached hydrogen (secondary N) is 1. The molecule has 6 nitrogen and oxygen atoms in total. The van der Waals surface area contributed by atoms with E-state index >= 15 is 0 Å². The summed E-state index contributed by atoms with van der Waals surface area (Å²) in [6.45, 7) is 2.11. The molecule has 0 radical (unpaired) electrons. The molecule has 36 heavy (non-hydrogen) atoms. The largest absolute Gasteiger partial charge is 0.507 e. The Kier molecular flexibility index (Phi) is 6.06. The molecular weight excluding hydrogens is 459 g/mol. The molecule has 1 saturated heterocycles. The number of fused-ring (bicyclic) bond motifs is 1. The quantitative estimate of drug-likeness (QED) is 0.221. The van der Waals surface area contributed by atoms with Crippen LogP contribution in [0, 0.1) is 12.7 Å². The van der Waals surface area contributed by atoms with Crippen LogP contribution in [-0.4, -0.2) is 40.3 Å². The fourth-order valence-corrected chi connectivity index (χ4v) is 4.73. The van der Waals surface area contributed by atoms with Crippen molar-refractivity contribution in [2.45, 2.75) is 19.4 Å². The van der Waals surface area contributed by atoms with Crippen molar-refractivity contribution < 1.29 is 23.8 Å². The smallest absolute Gasteiger partial charge is 0.295 e. The Morgan fingerprint density at radius 3 is 2.58 bits per heavy atom. The average Bonchev–Trinajstić information content (AvgIpc) is 3.40. The second kappa shape index (κ2) is 9.34. The number of halogens is 1. The number of H-pyrrole nitrogens is 1. The van der Waals surface area contributed by atoms with Gasteiger partial charge >= 0.3 is 0 Å². The first-order chi connectivity index (χ1) is 17.4. The van der Waals surface area contributed by atoms with Crippen LogP contribution in [0.4, 0.5) is 4.39 Å². The number of hydrogen-bond acceptors (Lipinski definition) is 4. The molecule has 1 aliphatic rings. The zero-order valence-corrected chi connectivity index (χ0v) is 19.9. The molecule has 2 heterocycles. The molecule has 0 aliphatic carbocycles. The van der Waals surface area contributed by atoms with E-state index < -0.39 is 23.5 Å².